The van der Waals surface area contributed by atoms with E-state index in [1.165, 1.54) is 43.6 Å². The van der Waals surface area contributed by atoms with Crippen molar-refractivity contribution in [3.8, 4) is 11.3 Å². The first-order valence-corrected chi connectivity index (χ1v) is 10.5. The molecule has 0 atom stereocenters. The zero-order chi connectivity index (χ0) is 19.6. The number of nitrogens with zero attached hydrogens (tertiary/aromatic N) is 2. The molecule has 0 aliphatic rings. The van der Waals surface area contributed by atoms with Crippen LogP contribution >= 0.6 is 22.9 Å². The van der Waals surface area contributed by atoms with Crippen molar-refractivity contribution >= 4 is 44.0 Å². The Kier molecular flexibility index (Phi) is 5.61. The molecule has 0 aliphatic carbocycles. The lowest BCUT2D eigenvalue weighted by atomic mass is 10.2. The minimum absolute atomic E-state index is 0.0519. The SMILES string of the molecule is CN(C)S(=O)(=O)c1cccc(C(=O)Nc2nc(-c3ccccc3Cl)cs2)c1. The van der Waals surface area contributed by atoms with Gasteiger partial charge in [-0.1, -0.05) is 35.9 Å². The van der Waals surface area contributed by atoms with Crippen molar-refractivity contribution < 1.29 is 13.2 Å². The molecule has 0 saturated heterocycles. The van der Waals surface area contributed by atoms with Gasteiger partial charge in [-0.25, -0.2) is 17.7 Å². The van der Waals surface area contributed by atoms with E-state index in [1.54, 1.807) is 17.5 Å². The Hall–Kier alpha value is -2.26. The van der Waals surface area contributed by atoms with Crippen LogP contribution in [0.5, 0.6) is 0 Å². The van der Waals surface area contributed by atoms with E-state index >= 15 is 0 Å². The minimum atomic E-state index is -3.62. The molecule has 0 radical (unpaired) electrons. The molecule has 27 heavy (non-hydrogen) atoms. The monoisotopic (exact) mass is 421 g/mol. The number of rotatable bonds is 5. The molecule has 6 nitrogen and oxygen atoms in total. The molecule has 0 aliphatic heterocycles. The number of benzene rings is 2. The topological polar surface area (TPSA) is 79.4 Å². The van der Waals surface area contributed by atoms with Crippen LogP contribution in [0.3, 0.4) is 0 Å². The molecule has 1 heterocycles. The van der Waals surface area contributed by atoms with Crippen LogP contribution in [0.25, 0.3) is 11.3 Å². The summed E-state index contributed by atoms with van der Waals surface area (Å²) in [5.74, 6) is -0.439. The first-order chi connectivity index (χ1) is 12.8. The summed E-state index contributed by atoms with van der Waals surface area (Å²) in [6.07, 6.45) is 0. The number of amides is 1. The molecule has 0 saturated carbocycles. The fourth-order valence-corrected chi connectivity index (χ4v) is 4.19. The first kappa shape index (κ1) is 19.5. The Labute approximate surface area is 166 Å². The second kappa shape index (κ2) is 7.77. The van der Waals surface area contributed by atoms with Crippen molar-refractivity contribution in [1.29, 1.82) is 0 Å². The summed E-state index contributed by atoms with van der Waals surface area (Å²) in [6, 6.07) is 13.2. The number of halogens is 1. The Morgan fingerprint density at radius 2 is 1.89 bits per heavy atom. The Balaban J connectivity index is 1.82. The number of anilines is 1. The number of carbonyl (C=O) groups is 1. The molecule has 140 valence electrons. The van der Waals surface area contributed by atoms with Crippen molar-refractivity contribution in [3.05, 3.63) is 64.5 Å². The van der Waals surface area contributed by atoms with E-state index in [4.69, 9.17) is 11.6 Å². The number of hydrogen-bond donors (Lipinski definition) is 1. The molecule has 1 amide bonds. The van der Waals surface area contributed by atoms with Crippen LogP contribution in [-0.4, -0.2) is 37.7 Å². The maximum Gasteiger partial charge on any atom is 0.257 e. The van der Waals surface area contributed by atoms with E-state index in [-0.39, 0.29) is 10.5 Å². The molecular formula is C18H16ClN3O3S2. The van der Waals surface area contributed by atoms with Crippen molar-refractivity contribution in [2.24, 2.45) is 0 Å². The van der Waals surface area contributed by atoms with E-state index in [0.717, 1.165) is 9.87 Å². The summed E-state index contributed by atoms with van der Waals surface area (Å²) in [4.78, 5) is 16.9. The van der Waals surface area contributed by atoms with Crippen LogP contribution < -0.4 is 5.32 Å². The standard InChI is InChI=1S/C18H16ClN3O3S2/c1-22(2)27(24,25)13-7-5-6-12(10-13)17(23)21-18-20-16(11-26-18)14-8-3-4-9-15(14)19/h3-11H,1-2H3,(H,20,21,23). The average Bonchev–Trinajstić information content (AvgIpc) is 3.10. The molecule has 2 aromatic carbocycles. The fourth-order valence-electron chi connectivity index (χ4n) is 2.30. The summed E-state index contributed by atoms with van der Waals surface area (Å²) >= 11 is 7.43. The summed E-state index contributed by atoms with van der Waals surface area (Å²) in [6.45, 7) is 0. The van der Waals surface area contributed by atoms with Gasteiger partial charge in [0.25, 0.3) is 5.91 Å². The zero-order valence-electron chi connectivity index (χ0n) is 14.5. The van der Waals surface area contributed by atoms with E-state index in [9.17, 15) is 13.2 Å². The van der Waals surface area contributed by atoms with E-state index in [0.29, 0.717) is 15.8 Å². The van der Waals surface area contributed by atoms with E-state index < -0.39 is 15.9 Å². The lowest BCUT2D eigenvalue weighted by molar-refractivity contribution is 0.102. The van der Waals surface area contributed by atoms with Gasteiger partial charge in [-0.15, -0.1) is 11.3 Å². The number of nitrogens with one attached hydrogen (secondary N) is 1. The third-order valence-electron chi connectivity index (χ3n) is 3.75. The smallest absolute Gasteiger partial charge is 0.257 e. The van der Waals surface area contributed by atoms with Gasteiger partial charge in [-0.2, -0.15) is 0 Å². The van der Waals surface area contributed by atoms with Gasteiger partial charge in [-0.05, 0) is 24.3 Å². The van der Waals surface area contributed by atoms with Gasteiger partial charge in [0.15, 0.2) is 5.13 Å². The Bertz CT molecular complexity index is 1090. The minimum Gasteiger partial charge on any atom is -0.298 e. The predicted molar refractivity (Wildman–Crippen MR) is 108 cm³/mol. The molecule has 1 N–H and O–H groups in total. The van der Waals surface area contributed by atoms with Crippen LogP contribution in [0.15, 0.2) is 58.8 Å². The molecule has 0 bridgehead atoms. The van der Waals surface area contributed by atoms with Gasteiger partial charge in [0.1, 0.15) is 0 Å². The van der Waals surface area contributed by atoms with Gasteiger partial charge < -0.3 is 0 Å². The van der Waals surface area contributed by atoms with Crippen LogP contribution in [0, 0.1) is 0 Å². The van der Waals surface area contributed by atoms with Crippen LogP contribution in [0.4, 0.5) is 5.13 Å². The molecule has 9 heteroatoms. The molecule has 0 unspecified atom stereocenters. The summed E-state index contributed by atoms with van der Waals surface area (Å²) in [7, 11) is -0.740. The molecule has 0 spiro atoms. The van der Waals surface area contributed by atoms with Gasteiger partial charge in [-0.3, -0.25) is 10.1 Å². The molecular weight excluding hydrogens is 406 g/mol. The third-order valence-corrected chi connectivity index (χ3v) is 6.65. The second-order valence-electron chi connectivity index (χ2n) is 5.79. The van der Waals surface area contributed by atoms with Crippen LogP contribution in [-0.2, 0) is 10.0 Å². The first-order valence-electron chi connectivity index (χ1n) is 7.83. The second-order valence-corrected chi connectivity index (χ2v) is 9.20. The van der Waals surface area contributed by atoms with Crippen LogP contribution in [0.1, 0.15) is 10.4 Å². The summed E-state index contributed by atoms with van der Waals surface area (Å²) in [5, 5.41) is 5.46. The lowest BCUT2D eigenvalue weighted by Gasteiger charge is -2.12. The summed E-state index contributed by atoms with van der Waals surface area (Å²) in [5.41, 5.74) is 1.66. The van der Waals surface area contributed by atoms with Crippen molar-refractivity contribution in [1.82, 2.24) is 9.29 Å². The highest BCUT2D eigenvalue weighted by atomic mass is 35.5. The largest absolute Gasteiger partial charge is 0.298 e. The number of carbonyl (C=O) groups excluding carboxylic acids is 1. The predicted octanol–water partition coefficient (Wildman–Crippen LogP) is 3.97. The molecule has 0 fully saturated rings. The van der Waals surface area contributed by atoms with Crippen molar-refractivity contribution in [3.63, 3.8) is 0 Å². The number of hydrogen-bond acceptors (Lipinski definition) is 5. The van der Waals surface area contributed by atoms with Crippen molar-refractivity contribution in [2.45, 2.75) is 4.90 Å². The van der Waals surface area contributed by atoms with E-state index in [1.807, 2.05) is 18.2 Å². The number of aromatic nitrogens is 1. The van der Waals surface area contributed by atoms with Gasteiger partial charge >= 0.3 is 0 Å². The maximum atomic E-state index is 12.5. The number of thiazole rings is 1. The summed E-state index contributed by atoms with van der Waals surface area (Å²) < 4.78 is 25.6. The normalized spacial score (nSPS) is 11.6. The quantitative estimate of drug-likeness (QED) is 0.676. The molecule has 3 rings (SSSR count). The maximum absolute atomic E-state index is 12.5. The molecule has 1 aromatic heterocycles. The van der Waals surface area contributed by atoms with Crippen LogP contribution in [0.2, 0.25) is 5.02 Å². The highest BCUT2D eigenvalue weighted by molar-refractivity contribution is 7.89. The highest BCUT2D eigenvalue weighted by Crippen LogP contribution is 2.30. The van der Waals surface area contributed by atoms with Gasteiger partial charge in [0.2, 0.25) is 10.0 Å². The average molecular weight is 422 g/mol. The molecule has 3 aromatic rings. The third kappa shape index (κ3) is 4.19. The fraction of sp³-hybridized carbons (Fsp3) is 0.111. The Morgan fingerprint density at radius 3 is 2.59 bits per heavy atom. The Morgan fingerprint density at radius 1 is 1.15 bits per heavy atom. The van der Waals surface area contributed by atoms with Crippen molar-refractivity contribution in [2.75, 3.05) is 19.4 Å². The highest BCUT2D eigenvalue weighted by Gasteiger charge is 2.19. The van der Waals surface area contributed by atoms with Gasteiger partial charge in [0.05, 0.1) is 10.6 Å². The lowest BCUT2D eigenvalue weighted by Crippen LogP contribution is -2.22. The zero-order valence-corrected chi connectivity index (χ0v) is 16.9. The number of sulfonamides is 1. The van der Waals surface area contributed by atoms with Gasteiger partial charge in [0, 0.05) is 35.6 Å². The van der Waals surface area contributed by atoms with E-state index in [2.05, 4.69) is 10.3 Å².